The van der Waals surface area contributed by atoms with Gasteiger partial charge in [-0.15, -0.1) is 0 Å². The molecular formula is C10H8F2N4O3S. The highest BCUT2D eigenvalue weighted by Crippen LogP contribution is 2.22. The van der Waals surface area contributed by atoms with Gasteiger partial charge >= 0.3 is 12.2 Å². The predicted octanol–water partition coefficient (Wildman–Crippen LogP) is 1.15. The van der Waals surface area contributed by atoms with E-state index in [9.17, 15) is 21.8 Å². The third-order valence-electron chi connectivity index (χ3n) is 2.24. The van der Waals surface area contributed by atoms with Gasteiger partial charge < -0.3 is 5.32 Å². The second kappa shape index (κ2) is 5.43. The van der Waals surface area contributed by atoms with Crippen LogP contribution in [0.5, 0.6) is 0 Å². The third kappa shape index (κ3) is 3.42. The monoisotopic (exact) mass is 302 g/mol. The van der Waals surface area contributed by atoms with Gasteiger partial charge in [0, 0.05) is 0 Å². The number of benzene rings is 1. The lowest BCUT2D eigenvalue weighted by atomic mass is 10.2. The van der Waals surface area contributed by atoms with E-state index in [2.05, 4.69) is 20.3 Å². The van der Waals surface area contributed by atoms with Crippen molar-refractivity contribution in [3.8, 4) is 0 Å². The summed E-state index contributed by atoms with van der Waals surface area (Å²) in [6.07, 6.45) is -2.83. The van der Waals surface area contributed by atoms with Crippen molar-refractivity contribution in [2.75, 3.05) is 5.32 Å². The zero-order valence-electron chi connectivity index (χ0n) is 9.73. The number of anilines is 1. The van der Waals surface area contributed by atoms with Gasteiger partial charge in [-0.2, -0.15) is 32.2 Å². The molecule has 0 spiro atoms. The lowest BCUT2D eigenvalue weighted by molar-refractivity contribution is 0.453. The number of nitrogens with zero attached hydrogens (tertiary/aromatic N) is 3. The van der Waals surface area contributed by atoms with Crippen LogP contribution in [-0.2, 0) is 10.1 Å². The lowest BCUT2D eigenvalue weighted by Gasteiger charge is -2.15. The van der Waals surface area contributed by atoms with E-state index in [0.29, 0.717) is 0 Å². The van der Waals surface area contributed by atoms with Gasteiger partial charge in [0.25, 0.3) is 10.1 Å². The van der Waals surface area contributed by atoms with Crippen molar-refractivity contribution in [3.05, 3.63) is 48.1 Å². The zero-order chi connectivity index (χ0) is 14.8. The molecule has 1 heterocycles. The van der Waals surface area contributed by atoms with E-state index in [0.717, 1.165) is 0 Å². The average Bonchev–Trinajstić information content (AvgIpc) is 2.34. The highest BCUT2D eigenvalue weighted by molar-refractivity contribution is 7.86. The molecule has 0 amide bonds. The molecule has 20 heavy (non-hydrogen) atoms. The van der Waals surface area contributed by atoms with Gasteiger partial charge in [0.1, 0.15) is 0 Å². The van der Waals surface area contributed by atoms with Crippen LogP contribution in [0.4, 0.5) is 14.7 Å². The predicted molar refractivity (Wildman–Crippen MR) is 64.1 cm³/mol. The second-order valence-corrected chi connectivity index (χ2v) is 5.15. The molecule has 0 radical (unpaired) electrons. The molecule has 0 fully saturated rings. The standard InChI is InChI=1S/C10H8F2N4O3S/c11-8-14-9(12)16-10(15-8)13-7(20(17,18)19)6-4-2-1-3-5-6/h1-5,7H,(H,17,18,19)(H,13,14,15,16). The Morgan fingerprint density at radius 1 is 1.05 bits per heavy atom. The minimum absolute atomic E-state index is 0.149. The van der Waals surface area contributed by atoms with Crippen LogP contribution in [0, 0.1) is 12.2 Å². The van der Waals surface area contributed by atoms with E-state index in [1.807, 2.05) is 0 Å². The summed E-state index contributed by atoms with van der Waals surface area (Å²) in [4.78, 5) is 8.86. The summed E-state index contributed by atoms with van der Waals surface area (Å²) in [5.41, 5.74) is 0.149. The molecule has 2 aromatic rings. The summed E-state index contributed by atoms with van der Waals surface area (Å²) in [5, 5.41) is 0.475. The molecule has 0 aliphatic carbocycles. The Labute approximate surface area is 112 Å². The smallest absolute Gasteiger partial charge is 0.315 e. The van der Waals surface area contributed by atoms with Crippen molar-refractivity contribution < 1.29 is 21.8 Å². The summed E-state index contributed by atoms with van der Waals surface area (Å²) in [5.74, 6) is -0.651. The molecule has 7 nitrogen and oxygen atoms in total. The minimum Gasteiger partial charge on any atom is -0.332 e. The van der Waals surface area contributed by atoms with Crippen LogP contribution in [0.15, 0.2) is 30.3 Å². The highest BCUT2D eigenvalue weighted by atomic mass is 32.2. The maximum atomic E-state index is 12.8. The molecule has 0 bridgehead atoms. The molecule has 0 saturated heterocycles. The van der Waals surface area contributed by atoms with Crippen LogP contribution in [0.25, 0.3) is 0 Å². The van der Waals surface area contributed by atoms with Crippen LogP contribution >= 0.6 is 0 Å². The molecule has 2 N–H and O–H groups in total. The first kappa shape index (κ1) is 14.2. The topological polar surface area (TPSA) is 105 Å². The Morgan fingerprint density at radius 2 is 1.60 bits per heavy atom. The molecule has 1 aromatic carbocycles. The highest BCUT2D eigenvalue weighted by Gasteiger charge is 2.26. The molecule has 0 aliphatic rings. The Bertz CT molecular complexity index is 691. The maximum Gasteiger partial charge on any atom is 0.315 e. The van der Waals surface area contributed by atoms with Crippen LogP contribution in [0.1, 0.15) is 10.9 Å². The Balaban J connectivity index is 2.39. The number of hydrogen-bond acceptors (Lipinski definition) is 6. The largest absolute Gasteiger partial charge is 0.332 e. The number of rotatable bonds is 4. The van der Waals surface area contributed by atoms with Gasteiger partial charge in [-0.25, -0.2) is 0 Å². The van der Waals surface area contributed by atoms with Crippen molar-refractivity contribution in [1.29, 1.82) is 0 Å². The average molecular weight is 302 g/mol. The normalized spacial score (nSPS) is 12.9. The number of hydrogen-bond donors (Lipinski definition) is 2. The van der Waals surface area contributed by atoms with E-state index in [1.165, 1.54) is 24.3 Å². The van der Waals surface area contributed by atoms with Gasteiger partial charge in [-0.3, -0.25) is 4.55 Å². The molecule has 2 rings (SSSR count). The Morgan fingerprint density at radius 3 is 2.10 bits per heavy atom. The zero-order valence-corrected chi connectivity index (χ0v) is 10.6. The van der Waals surface area contributed by atoms with Crippen molar-refractivity contribution in [3.63, 3.8) is 0 Å². The quantitative estimate of drug-likeness (QED) is 0.816. The van der Waals surface area contributed by atoms with Gasteiger partial charge in [0.05, 0.1) is 0 Å². The van der Waals surface area contributed by atoms with Crippen LogP contribution in [0.3, 0.4) is 0 Å². The summed E-state index contributed by atoms with van der Waals surface area (Å²) < 4.78 is 57.5. The Hall–Kier alpha value is -2.20. The summed E-state index contributed by atoms with van der Waals surface area (Å²) in [6.45, 7) is 0. The van der Waals surface area contributed by atoms with E-state index < -0.39 is 33.6 Å². The molecule has 1 atom stereocenters. The van der Waals surface area contributed by atoms with Crippen LogP contribution < -0.4 is 5.32 Å². The molecule has 106 valence electrons. The fourth-order valence-electron chi connectivity index (χ4n) is 1.47. The first-order chi connectivity index (χ1) is 9.36. The fraction of sp³-hybridized carbons (Fsp3) is 0.100. The van der Waals surface area contributed by atoms with Gasteiger partial charge in [0.15, 0.2) is 5.37 Å². The molecular weight excluding hydrogens is 294 g/mol. The van der Waals surface area contributed by atoms with Crippen molar-refractivity contribution in [2.45, 2.75) is 5.37 Å². The van der Waals surface area contributed by atoms with E-state index in [-0.39, 0.29) is 5.56 Å². The first-order valence-electron chi connectivity index (χ1n) is 5.21. The minimum atomic E-state index is -4.60. The van der Waals surface area contributed by atoms with E-state index >= 15 is 0 Å². The van der Waals surface area contributed by atoms with Gasteiger partial charge in [-0.1, -0.05) is 30.3 Å². The van der Waals surface area contributed by atoms with Crippen molar-refractivity contribution in [1.82, 2.24) is 15.0 Å². The molecule has 1 aromatic heterocycles. The molecule has 0 aliphatic heterocycles. The Kier molecular flexibility index (Phi) is 3.86. The fourth-order valence-corrected chi connectivity index (χ4v) is 2.22. The van der Waals surface area contributed by atoms with E-state index in [1.54, 1.807) is 6.07 Å². The lowest BCUT2D eigenvalue weighted by Crippen LogP contribution is -2.22. The SMILES string of the molecule is O=S(=O)(O)C(Nc1nc(F)nc(F)n1)c1ccccc1. The molecule has 1 unspecified atom stereocenters. The van der Waals surface area contributed by atoms with Crippen molar-refractivity contribution >= 4 is 16.1 Å². The number of nitrogens with one attached hydrogen (secondary N) is 1. The van der Waals surface area contributed by atoms with Gasteiger partial charge in [-0.05, 0) is 5.56 Å². The van der Waals surface area contributed by atoms with Gasteiger partial charge in [0.2, 0.25) is 5.95 Å². The van der Waals surface area contributed by atoms with E-state index in [4.69, 9.17) is 0 Å². The van der Waals surface area contributed by atoms with Crippen LogP contribution in [0.2, 0.25) is 0 Å². The number of aromatic nitrogens is 3. The summed E-state index contributed by atoms with van der Waals surface area (Å²) >= 11 is 0. The van der Waals surface area contributed by atoms with Crippen LogP contribution in [-0.4, -0.2) is 27.9 Å². The third-order valence-corrected chi connectivity index (χ3v) is 3.23. The maximum absolute atomic E-state index is 12.8. The molecule has 10 heteroatoms. The second-order valence-electron chi connectivity index (χ2n) is 3.65. The number of halogens is 2. The first-order valence-corrected chi connectivity index (χ1v) is 6.71. The summed E-state index contributed by atoms with van der Waals surface area (Å²) in [7, 11) is -4.60. The molecule has 0 saturated carbocycles. The summed E-state index contributed by atoms with van der Waals surface area (Å²) in [6, 6.07) is 7.50. The van der Waals surface area contributed by atoms with Crippen molar-refractivity contribution in [2.24, 2.45) is 0 Å².